The molecular weight excluding hydrogens is 316 g/mol. The molecule has 2 aromatic carbocycles. The molecule has 0 fully saturated rings. The van der Waals surface area contributed by atoms with Crippen LogP contribution in [-0.4, -0.2) is 24.9 Å². The molecule has 0 atom stereocenters. The quantitative estimate of drug-likeness (QED) is 0.703. The van der Waals surface area contributed by atoms with Crippen LogP contribution in [0.5, 0.6) is 5.75 Å². The molecule has 0 aliphatic carbocycles. The average Bonchev–Trinajstić information content (AvgIpc) is 2.94. The van der Waals surface area contributed by atoms with E-state index < -0.39 is 10.0 Å². The van der Waals surface area contributed by atoms with Gasteiger partial charge in [0, 0.05) is 17.8 Å². The first-order chi connectivity index (χ1) is 11.0. The van der Waals surface area contributed by atoms with E-state index in [1.54, 1.807) is 18.3 Å². The number of benzene rings is 2. The molecule has 0 spiro atoms. The van der Waals surface area contributed by atoms with Crippen LogP contribution in [0.4, 0.5) is 5.69 Å². The average molecular weight is 330 g/mol. The van der Waals surface area contributed by atoms with E-state index in [0.717, 1.165) is 10.9 Å². The van der Waals surface area contributed by atoms with E-state index in [9.17, 15) is 18.3 Å². The van der Waals surface area contributed by atoms with Crippen molar-refractivity contribution in [1.29, 1.82) is 0 Å². The van der Waals surface area contributed by atoms with Gasteiger partial charge in [-0.25, -0.2) is 12.7 Å². The number of aromatic nitrogens is 1. The van der Waals surface area contributed by atoms with E-state index in [0.29, 0.717) is 9.87 Å². The molecule has 0 bridgehead atoms. The molecule has 0 radical (unpaired) electrons. The van der Waals surface area contributed by atoms with Crippen LogP contribution in [0.2, 0.25) is 0 Å². The number of hydrogen-bond donors (Lipinski definition) is 2. The standard InChI is InChI=1S/C16H14N2O4S/c19-11-18(14-2-1-3-15(20)9-14)23(21,22)10-12-4-5-13-6-7-17-16(13)8-12/h1-9,11,17,20H,10H2. The summed E-state index contributed by atoms with van der Waals surface area (Å²) in [4.78, 5) is 14.3. The van der Waals surface area contributed by atoms with Crippen LogP contribution in [0.15, 0.2) is 54.7 Å². The summed E-state index contributed by atoms with van der Waals surface area (Å²) in [7, 11) is -3.91. The number of phenols is 1. The molecular formula is C16H14N2O4S. The third-order valence-corrected chi connectivity index (χ3v) is 5.04. The van der Waals surface area contributed by atoms with Gasteiger partial charge in [0.25, 0.3) is 0 Å². The summed E-state index contributed by atoms with van der Waals surface area (Å²) in [5.74, 6) is -0.437. The molecule has 3 aromatic rings. The predicted octanol–water partition coefficient (Wildman–Crippen LogP) is 2.37. The summed E-state index contributed by atoms with van der Waals surface area (Å²) < 4.78 is 25.7. The Kier molecular flexibility index (Phi) is 3.79. The molecule has 0 saturated carbocycles. The molecule has 7 heteroatoms. The topological polar surface area (TPSA) is 90.5 Å². The third-order valence-electron chi connectivity index (χ3n) is 3.45. The van der Waals surface area contributed by atoms with Gasteiger partial charge in [-0.1, -0.05) is 18.2 Å². The largest absolute Gasteiger partial charge is 0.508 e. The van der Waals surface area contributed by atoms with Gasteiger partial charge in [-0.05, 0) is 35.2 Å². The van der Waals surface area contributed by atoms with Crippen molar-refractivity contribution in [2.45, 2.75) is 5.75 Å². The molecule has 0 aliphatic rings. The second-order valence-corrected chi connectivity index (χ2v) is 6.92. The Bertz CT molecular complexity index is 963. The summed E-state index contributed by atoms with van der Waals surface area (Å²) in [6, 6.07) is 12.7. The number of nitrogens with zero attached hydrogens (tertiary/aromatic N) is 1. The van der Waals surface area contributed by atoms with E-state index in [4.69, 9.17) is 0 Å². The number of nitrogens with one attached hydrogen (secondary N) is 1. The van der Waals surface area contributed by atoms with Gasteiger partial charge in [0.05, 0.1) is 11.4 Å². The lowest BCUT2D eigenvalue weighted by molar-refractivity contribution is -0.106. The summed E-state index contributed by atoms with van der Waals surface area (Å²) in [6.07, 6.45) is 2.00. The first-order valence-corrected chi connectivity index (χ1v) is 8.43. The highest BCUT2D eigenvalue weighted by Crippen LogP contribution is 2.24. The fourth-order valence-electron chi connectivity index (χ4n) is 2.38. The number of hydrogen-bond acceptors (Lipinski definition) is 4. The highest BCUT2D eigenvalue weighted by Gasteiger charge is 2.23. The number of carbonyl (C=O) groups excluding carboxylic acids is 1. The lowest BCUT2D eigenvalue weighted by Crippen LogP contribution is -2.30. The molecule has 1 amide bonds. The zero-order valence-corrected chi connectivity index (χ0v) is 12.8. The van der Waals surface area contributed by atoms with Crippen LogP contribution in [0.25, 0.3) is 10.9 Å². The number of sulfonamides is 1. The number of H-pyrrole nitrogens is 1. The van der Waals surface area contributed by atoms with Crippen LogP contribution in [0, 0.1) is 0 Å². The van der Waals surface area contributed by atoms with Crippen molar-refractivity contribution in [3.63, 3.8) is 0 Å². The van der Waals surface area contributed by atoms with Crippen LogP contribution in [-0.2, 0) is 20.6 Å². The number of aromatic amines is 1. The fraction of sp³-hybridized carbons (Fsp3) is 0.0625. The third kappa shape index (κ3) is 3.04. The maximum atomic E-state index is 12.5. The van der Waals surface area contributed by atoms with Gasteiger partial charge in [0.2, 0.25) is 16.4 Å². The lowest BCUT2D eigenvalue weighted by Gasteiger charge is -2.18. The van der Waals surface area contributed by atoms with Crippen molar-refractivity contribution in [3.8, 4) is 5.75 Å². The summed E-state index contributed by atoms with van der Waals surface area (Å²) in [6.45, 7) is 0. The summed E-state index contributed by atoms with van der Waals surface area (Å²) in [5, 5.41) is 10.4. The molecule has 0 aliphatic heterocycles. The van der Waals surface area contributed by atoms with Crippen LogP contribution >= 0.6 is 0 Å². The van der Waals surface area contributed by atoms with E-state index >= 15 is 0 Å². The monoisotopic (exact) mass is 330 g/mol. The van der Waals surface area contributed by atoms with Crippen molar-refractivity contribution in [1.82, 2.24) is 4.98 Å². The molecule has 1 aromatic heterocycles. The van der Waals surface area contributed by atoms with Crippen LogP contribution in [0.3, 0.4) is 0 Å². The van der Waals surface area contributed by atoms with Gasteiger partial charge in [-0.3, -0.25) is 4.79 Å². The first-order valence-electron chi connectivity index (χ1n) is 6.82. The van der Waals surface area contributed by atoms with E-state index in [-0.39, 0.29) is 23.6 Å². The van der Waals surface area contributed by atoms with Crippen molar-refractivity contribution in [2.75, 3.05) is 4.31 Å². The molecule has 0 saturated heterocycles. The molecule has 118 valence electrons. The number of aromatic hydroxyl groups is 1. The Morgan fingerprint density at radius 1 is 1.13 bits per heavy atom. The minimum Gasteiger partial charge on any atom is -0.508 e. The normalized spacial score (nSPS) is 11.5. The van der Waals surface area contributed by atoms with Crippen molar-refractivity contribution >= 4 is 33.0 Å². The number of carbonyl (C=O) groups is 1. The van der Waals surface area contributed by atoms with Crippen molar-refractivity contribution < 1.29 is 18.3 Å². The van der Waals surface area contributed by atoms with Gasteiger partial charge in [0.15, 0.2) is 0 Å². The van der Waals surface area contributed by atoms with Gasteiger partial charge in [0.1, 0.15) is 5.75 Å². The Hall–Kier alpha value is -2.80. The van der Waals surface area contributed by atoms with Gasteiger partial charge < -0.3 is 10.1 Å². The maximum Gasteiger partial charge on any atom is 0.245 e. The number of rotatable bonds is 5. The Labute approximate surface area is 133 Å². The van der Waals surface area contributed by atoms with E-state index in [1.165, 1.54) is 24.3 Å². The molecule has 0 unspecified atom stereocenters. The minimum atomic E-state index is -3.91. The first kappa shape index (κ1) is 15.1. The molecule has 2 N–H and O–H groups in total. The molecule has 3 rings (SSSR count). The van der Waals surface area contributed by atoms with Crippen molar-refractivity contribution in [3.05, 3.63) is 60.3 Å². The Morgan fingerprint density at radius 3 is 2.70 bits per heavy atom. The van der Waals surface area contributed by atoms with E-state index in [1.807, 2.05) is 12.1 Å². The highest BCUT2D eigenvalue weighted by atomic mass is 32.2. The molecule has 23 heavy (non-hydrogen) atoms. The SMILES string of the molecule is O=CN(c1cccc(O)c1)S(=O)(=O)Cc1ccc2cc[nH]c2c1. The maximum absolute atomic E-state index is 12.5. The Balaban J connectivity index is 1.94. The predicted molar refractivity (Wildman–Crippen MR) is 87.6 cm³/mol. The number of amides is 1. The lowest BCUT2D eigenvalue weighted by atomic mass is 10.2. The number of fused-ring (bicyclic) bond motifs is 1. The van der Waals surface area contributed by atoms with Gasteiger partial charge in [-0.2, -0.15) is 0 Å². The zero-order valence-electron chi connectivity index (χ0n) is 12.0. The molecule has 6 nitrogen and oxygen atoms in total. The zero-order chi connectivity index (χ0) is 16.4. The molecule has 1 heterocycles. The second kappa shape index (κ2) is 5.77. The van der Waals surface area contributed by atoms with Gasteiger partial charge in [-0.15, -0.1) is 0 Å². The van der Waals surface area contributed by atoms with Crippen LogP contribution in [0.1, 0.15) is 5.56 Å². The van der Waals surface area contributed by atoms with E-state index in [2.05, 4.69) is 4.98 Å². The van der Waals surface area contributed by atoms with Gasteiger partial charge >= 0.3 is 0 Å². The van der Waals surface area contributed by atoms with Crippen LogP contribution < -0.4 is 4.31 Å². The summed E-state index contributed by atoms with van der Waals surface area (Å²) in [5.41, 5.74) is 1.49. The minimum absolute atomic E-state index is 0.0981. The fourth-order valence-corrected chi connectivity index (χ4v) is 3.69. The smallest absolute Gasteiger partial charge is 0.245 e. The summed E-state index contributed by atoms with van der Waals surface area (Å²) >= 11 is 0. The Morgan fingerprint density at radius 2 is 1.96 bits per heavy atom. The number of anilines is 1. The number of phenolic OH excluding ortho intramolecular Hbond substituents is 1. The van der Waals surface area contributed by atoms with Crippen molar-refractivity contribution in [2.24, 2.45) is 0 Å². The second-order valence-electron chi connectivity index (χ2n) is 5.08. The highest BCUT2D eigenvalue weighted by molar-refractivity contribution is 7.92.